The third-order valence-electron chi connectivity index (χ3n) is 9.40. The van der Waals surface area contributed by atoms with Crippen molar-refractivity contribution in [2.45, 2.75) is 116 Å². The van der Waals surface area contributed by atoms with E-state index in [9.17, 15) is 24.0 Å². The van der Waals surface area contributed by atoms with Gasteiger partial charge in [0.05, 0.1) is 12.1 Å². The molecule has 43 heavy (non-hydrogen) atoms. The van der Waals surface area contributed by atoms with Crippen LogP contribution >= 0.6 is 0 Å². The summed E-state index contributed by atoms with van der Waals surface area (Å²) in [5.41, 5.74) is -0.146. The summed E-state index contributed by atoms with van der Waals surface area (Å²) < 4.78 is 5.32. The number of fused-ring (bicyclic) bond motifs is 1. The molecule has 4 unspecified atom stereocenters. The van der Waals surface area contributed by atoms with Crippen LogP contribution in [0.1, 0.15) is 91.9 Å². The summed E-state index contributed by atoms with van der Waals surface area (Å²) in [5, 5.41) is 8.33. The molecule has 3 fully saturated rings. The number of rotatable bonds is 16. The largest absolute Gasteiger partial charge is 0.447 e. The molecule has 0 spiro atoms. The van der Waals surface area contributed by atoms with E-state index in [1.165, 1.54) is 0 Å². The maximum atomic E-state index is 14.2. The first kappa shape index (κ1) is 34.3. The first-order valence-electron chi connectivity index (χ1n) is 16.1. The number of carbonyl (C=O) groups is 5. The zero-order chi connectivity index (χ0) is 31.7. The molecule has 3 N–H and O–H groups in total. The lowest BCUT2D eigenvalue weighted by Crippen LogP contribution is -2.59. The third kappa shape index (κ3) is 8.70. The number of piperidine rings is 1. The number of nitrogens with one attached hydrogen (secondary N) is 3. The Labute approximate surface area is 256 Å². The second-order valence-electron chi connectivity index (χ2n) is 13.2. The molecule has 0 aromatic carbocycles. The normalized spacial score (nSPS) is 23.8. The number of allylic oxidation sites excluding steroid dienone is 2. The van der Waals surface area contributed by atoms with Crippen molar-refractivity contribution < 1.29 is 28.7 Å². The van der Waals surface area contributed by atoms with E-state index in [0.29, 0.717) is 25.9 Å². The summed E-state index contributed by atoms with van der Waals surface area (Å²) in [6.07, 6.45) is 10.2. The van der Waals surface area contributed by atoms with Gasteiger partial charge < -0.3 is 25.6 Å². The van der Waals surface area contributed by atoms with Gasteiger partial charge in [0.2, 0.25) is 17.6 Å². The number of likely N-dealkylation sites (tertiary alicyclic amines) is 1. The predicted molar refractivity (Wildman–Crippen MR) is 165 cm³/mol. The number of hydrogen-bond acceptors (Lipinski definition) is 6. The van der Waals surface area contributed by atoms with Gasteiger partial charge in [-0.05, 0) is 82.0 Å². The average Bonchev–Trinajstić information content (AvgIpc) is 3.29. The Hall–Kier alpha value is -3.17. The third-order valence-corrected chi connectivity index (χ3v) is 9.40. The highest BCUT2D eigenvalue weighted by Crippen LogP contribution is 2.65. The van der Waals surface area contributed by atoms with E-state index < -0.39 is 41.8 Å². The van der Waals surface area contributed by atoms with E-state index in [1.807, 2.05) is 0 Å². The summed E-state index contributed by atoms with van der Waals surface area (Å²) in [5.74, 6) is -2.18. The molecule has 10 heteroatoms. The molecule has 0 aromatic heterocycles. The van der Waals surface area contributed by atoms with Crippen LogP contribution in [0.25, 0.3) is 0 Å². The lowest BCUT2D eigenvalue weighted by atomic mass is 9.83. The second kappa shape index (κ2) is 15.5. The average molecular weight is 601 g/mol. The summed E-state index contributed by atoms with van der Waals surface area (Å²) in [4.78, 5) is 68.2. The SMILES string of the molecule is C=CCCCCNC(=O)C(=O)C(CCC=C)NC(=O)C1C2C(CN1C(=O)[C@@H](NC(=O)OC(C)C)C1CCCCC1)C2(C)C. The van der Waals surface area contributed by atoms with Gasteiger partial charge in [0.15, 0.2) is 0 Å². The van der Waals surface area contributed by atoms with E-state index in [-0.39, 0.29) is 41.6 Å². The monoisotopic (exact) mass is 600 g/mol. The molecule has 10 nitrogen and oxygen atoms in total. The maximum Gasteiger partial charge on any atom is 0.408 e. The first-order valence-corrected chi connectivity index (χ1v) is 16.1. The second-order valence-corrected chi connectivity index (χ2v) is 13.2. The first-order chi connectivity index (χ1) is 20.4. The topological polar surface area (TPSA) is 134 Å². The van der Waals surface area contributed by atoms with Crippen molar-refractivity contribution in [2.75, 3.05) is 13.1 Å². The van der Waals surface area contributed by atoms with Gasteiger partial charge in [-0.1, -0.05) is 45.3 Å². The van der Waals surface area contributed by atoms with Gasteiger partial charge in [-0.15, -0.1) is 13.2 Å². The molecular formula is C33H52N4O6. The molecule has 240 valence electrons. The van der Waals surface area contributed by atoms with Gasteiger partial charge in [0.25, 0.3) is 5.91 Å². The molecule has 1 saturated heterocycles. The number of Topliss-reactive ketones (excluding diaryl/α,β-unsaturated/α-hetero) is 1. The van der Waals surface area contributed by atoms with E-state index >= 15 is 0 Å². The van der Waals surface area contributed by atoms with Crippen molar-refractivity contribution in [1.82, 2.24) is 20.9 Å². The molecule has 5 atom stereocenters. The molecule has 1 heterocycles. The van der Waals surface area contributed by atoms with Crippen LogP contribution in [0.3, 0.4) is 0 Å². The molecular weight excluding hydrogens is 548 g/mol. The van der Waals surface area contributed by atoms with Crippen molar-refractivity contribution in [3.05, 3.63) is 25.3 Å². The minimum atomic E-state index is -1.04. The van der Waals surface area contributed by atoms with Crippen molar-refractivity contribution in [3.63, 3.8) is 0 Å². The highest BCUT2D eigenvalue weighted by Gasteiger charge is 2.69. The van der Waals surface area contributed by atoms with E-state index in [2.05, 4.69) is 43.0 Å². The molecule has 2 aliphatic carbocycles. The van der Waals surface area contributed by atoms with E-state index in [0.717, 1.165) is 44.9 Å². The number of nitrogens with zero attached hydrogens (tertiary/aromatic N) is 1. The molecule has 0 bridgehead atoms. The van der Waals surface area contributed by atoms with Crippen LogP contribution in [0.4, 0.5) is 4.79 Å². The molecule has 1 aliphatic heterocycles. The Kier molecular flexibility index (Phi) is 12.4. The zero-order valence-electron chi connectivity index (χ0n) is 26.5. The molecule has 0 radical (unpaired) electrons. The summed E-state index contributed by atoms with van der Waals surface area (Å²) in [7, 11) is 0. The Morgan fingerprint density at radius 1 is 0.977 bits per heavy atom. The lowest BCUT2D eigenvalue weighted by molar-refractivity contribution is -0.145. The number of hydrogen-bond donors (Lipinski definition) is 3. The van der Waals surface area contributed by atoms with Crippen LogP contribution in [-0.4, -0.2) is 71.8 Å². The van der Waals surface area contributed by atoms with Gasteiger partial charge >= 0.3 is 6.09 Å². The zero-order valence-corrected chi connectivity index (χ0v) is 26.5. The van der Waals surface area contributed by atoms with Crippen LogP contribution in [0.2, 0.25) is 0 Å². The van der Waals surface area contributed by atoms with Gasteiger partial charge in [-0.3, -0.25) is 19.2 Å². The standard InChI is InChI=1S/C33H52N4O6/c1-7-9-11-15-19-34-30(40)28(38)24(18-10-8-2)35-29(39)27-25-23(33(25,5)6)20-37(27)31(41)26(22-16-13-12-14-17-22)36-32(42)43-21(3)4/h7-8,21-27H,1-2,9-20H2,3-6H3,(H,34,40)(H,35,39)(H,36,42)/t23?,24?,25?,26-,27?/m0/s1. The Bertz CT molecular complexity index is 1050. The fraction of sp³-hybridized carbons (Fsp3) is 0.727. The van der Waals surface area contributed by atoms with Crippen LogP contribution in [0, 0.1) is 23.2 Å². The van der Waals surface area contributed by atoms with Gasteiger partial charge in [0.1, 0.15) is 12.1 Å². The van der Waals surface area contributed by atoms with Gasteiger partial charge in [0, 0.05) is 13.1 Å². The van der Waals surface area contributed by atoms with Crippen LogP contribution in [0.5, 0.6) is 0 Å². The molecule has 3 rings (SSSR count). The fourth-order valence-corrected chi connectivity index (χ4v) is 6.89. The number of ketones is 1. The predicted octanol–water partition coefficient (Wildman–Crippen LogP) is 4.05. The summed E-state index contributed by atoms with van der Waals surface area (Å²) in [6.45, 7) is 15.8. The van der Waals surface area contributed by atoms with Gasteiger partial charge in [-0.25, -0.2) is 4.79 Å². The van der Waals surface area contributed by atoms with Gasteiger partial charge in [-0.2, -0.15) is 0 Å². The van der Waals surface area contributed by atoms with Crippen LogP contribution < -0.4 is 16.0 Å². The quantitative estimate of drug-likeness (QED) is 0.139. The van der Waals surface area contributed by atoms with Crippen molar-refractivity contribution in [3.8, 4) is 0 Å². The van der Waals surface area contributed by atoms with Crippen molar-refractivity contribution in [2.24, 2.45) is 23.2 Å². The van der Waals surface area contributed by atoms with Crippen molar-refractivity contribution >= 4 is 29.6 Å². The molecule has 0 aromatic rings. The molecule has 4 amide bonds. The highest BCUT2D eigenvalue weighted by atomic mass is 16.6. The highest BCUT2D eigenvalue weighted by molar-refractivity contribution is 6.38. The minimum absolute atomic E-state index is 0.0493. The Morgan fingerprint density at radius 3 is 2.28 bits per heavy atom. The number of carbonyl (C=O) groups excluding carboxylic acids is 5. The molecule has 2 saturated carbocycles. The fourth-order valence-electron chi connectivity index (χ4n) is 6.89. The van der Waals surface area contributed by atoms with E-state index in [1.54, 1.807) is 30.9 Å². The lowest BCUT2D eigenvalue weighted by Gasteiger charge is -2.37. The Morgan fingerprint density at radius 2 is 1.65 bits per heavy atom. The summed E-state index contributed by atoms with van der Waals surface area (Å²) >= 11 is 0. The van der Waals surface area contributed by atoms with Crippen LogP contribution in [0.15, 0.2) is 25.3 Å². The molecule has 3 aliphatic rings. The van der Waals surface area contributed by atoms with E-state index in [4.69, 9.17) is 4.74 Å². The van der Waals surface area contributed by atoms with Crippen LogP contribution in [-0.2, 0) is 23.9 Å². The smallest absolute Gasteiger partial charge is 0.408 e. The number of alkyl carbamates (subject to hydrolysis) is 1. The summed E-state index contributed by atoms with van der Waals surface area (Å²) in [6, 6.07) is -2.64. The number of amides is 4. The maximum absolute atomic E-state index is 14.2. The Balaban J connectivity index is 1.78. The number of unbranched alkanes of at least 4 members (excludes halogenated alkanes) is 2. The minimum Gasteiger partial charge on any atom is -0.447 e. The van der Waals surface area contributed by atoms with Crippen molar-refractivity contribution in [1.29, 1.82) is 0 Å². The number of ether oxygens (including phenoxy) is 1.